The maximum absolute atomic E-state index is 13.8. The van der Waals surface area contributed by atoms with Crippen LogP contribution >= 0.6 is 0 Å². The zero-order valence-corrected chi connectivity index (χ0v) is 14.8. The lowest BCUT2D eigenvalue weighted by molar-refractivity contribution is 0.102. The van der Waals surface area contributed by atoms with Crippen molar-refractivity contribution in [1.29, 1.82) is 0 Å². The van der Waals surface area contributed by atoms with E-state index in [0.29, 0.717) is 17.9 Å². The van der Waals surface area contributed by atoms with Gasteiger partial charge in [-0.15, -0.1) is 0 Å². The molecule has 0 fully saturated rings. The second-order valence-corrected chi connectivity index (χ2v) is 6.05. The van der Waals surface area contributed by atoms with Crippen molar-refractivity contribution in [2.24, 2.45) is 0 Å². The molecule has 0 spiro atoms. The number of nitrogens with zero attached hydrogens (tertiary/aromatic N) is 1. The number of halogens is 1. The molecule has 2 aromatic carbocycles. The summed E-state index contributed by atoms with van der Waals surface area (Å²) < 4.78 is 24.6. The molecule has 3 rings (SSSR count). The van der Waals surface area contributed by atoms with Gasteiger partial charge in [-0.3, -0.25) is 4.79 Å². The van der Waals surface area contributed by atoms with Gasteiger partial charge in [0.1, 0.15) is 23.9 Å². The van der Waals surface area contributed by atoms with E-state index in [1.54, 1.807) is 36.4 Å². The first-order valence-electron chi connectivity index (χ1n) is 8.16. The number of hydrogen-bond donors (Lipinski definition) is 1. The number of benzene rings is 2. The van der Waals surface area contributed by atoms with E-state index in [0.717, 1.165) is 22.6 Å². The van der Waals surface area contributed by atoms with E-state index < -0.39 is 5.82 Å². The minimum absolute atomic E-state index is 0.161. The van der Waals surface area contributed by atoms with Crippen molar-refractivity contribution in [2.45, 2.75) is 27.4 Å². The molecular formula is C20H19FN2O3. The number of nitrogens with one attached hydrogen (secondary N) is 1. The average Bonchev–Trinajstić information content (AvgIpc) is 2.95. The molecular weight excluding hydrogens is 335 g/mol. The lowest BCUT2D eigenvalue weighted by Gasteiger charge is -2.09. The van der Waals surface area contributed by atoms with E-state index in [2.05, 4.69) is 10.5 Å². The van der Waals surface area contributed by atoms with Gasteiger partial charge in [0.15, 0.2) is 0 Å². The minimum atomic E-state index is -0.469. The van der Waals surface area contributed by atoms with E-state index in [4.69, 9.17) is 9.26 Å². The normalized spacial score (nSPS) is 10.6. The summed E-state index contributed by atoms with van der Waals surface area (Å²) >= 11 is 0. The standard InChI is InChI=1S/C20H19FN2O3/c1-12-4-9-18(21)19(10-12)22-20(24)15-5-7-16(8-6-15)25-11-17-13(2)23-26-14(17)3/h4-10H,11H2,1-3H3,(H,22,24). The fraction of sp³-hybridized carbons (Fsp3) is 0.200. The Kier molecular flexibility index (Phi) is 5.02. The summed E-state index contributed by atoms with van der Waals surface area (Å²) in [5, 5.41) is 6.46. The van der Waals surface area contributed by atoms with Gasteiger partial charge in [-0.2, -0.15) is 0 Å². The monoisotopic (exact) mass is 354 g/mol. The fourth-order valence-electron chi connectivity index (χ4n) is 2.50. The van der Waals surface area contributed by atoms with Crippen molar-refractivity contribution in [1.82, 2.24) is 5.16 Å². The van der Waals surface area contributed by atoms with Gasteiger partial charge in [-0.25, -0.2) is 4.39 Å². The van der Waals surface area contributed by atoms with Crippen LogP contribution in [0.2, 0.25) is 0 Å². The lowest BCUT2D eigenvalue weighted by atomic mass is 10.1. The minimum Gasteiger partial charge on any atom is -0.489 e. The van der Waals surface area contributed by atoms with Crippen molar-refractivity contribution in [2.75, 3.05) is 5.32 Å². The molecule has 0 saturated heterocycles. The molecule has 0 aliphatic heterocycles. The summed E-state index contributed by atoms with van der Waals surface area (Å²) in [6, 6.07) is 11.2. The molecule has 0 unspecified atom stereocenters. The molecule has 0 aliphatic rings. The zero-order valence-electron chi connectivity index (χ0n) is 14.8. The van der Waals surface area contributed by atoms with Crippen LogP contribution in [0.4, 0.5) is 10.1 Å². The molecule has 1 aromatic heterocycles. The average molecular weight is 354 g/mol. The topological polar surface area (TPSA) is 64.4 Å². The van der Waals surface area contributed by atoms with Crippen LogP contribution in [0.25, 0.3) is 0 Å². The Morgan fingerprint density at radius 2 is 1.88 bits per heavy atom. The Morgan fingerprint density at radius 3 is 2.54 bits per heavy atom. The predicted octanol–water partition coefficient (Wildman–Crippen LogP) is 4.57. The molecule has 0 atom stereocenters. The van der Waals surface area contributed by atoms with E-state index in [-0.39, 0.29) is 11.6 Å². The number of carbonyl (C=O) groups is 1. The van der Waals surface area contributed by atoms with Gasteiger partial charge in [-0.1, -0.05) is 11.2 Å². The number of ether oxygens (including phenoxy) is 1. The third-order valence-electron chi connectivity index (χ3n) is 4.05. The molecule has 0 radical (unpaired) electrons. The molecule has 1 heterocycles. The van der Waals surface area contributed by atoms with Crippen molar-refractivity contribution in [3.05, 3.63) is 76.4 Å². The number of carbonyl (C=O) groups excluding carboxylic acids is 1. The molecule has 1 amide bonds. The summed E-state index contributed by atoms with van der Waals surface area (Å²) in [5.41, 5.74) is 3.13. The largest absolute Gasteiger partial charge is 0.489 e. The summed E-state index contributed by atoms with van der Waals surface area (Å²) in [7, 11) is 0. The number of hydrogen-bond acceptors (Lipinski definition) is 4. The maximum Gasteiger partial charge on any atom is 0.255 e. The fourth-order valence-corrected chi connectivity index (χ4v) is 2.50. The number of aryl methyl sites for hydroxylation is 3. The third kappa shape index (κ3) is 3.91. The van der Waals surface area contributed by atoms with Crippen LogP contribution in [0, 0.1) is 26.6 Å². The van der Waals surface area contributed by atoms with Crippen molar-refractivity contribution in [3.63, 3.8) is 0 Å². The van der Waals surface area contributed by atoms with Crippen molar-refractivity contribution >= 4 is 11.6 Å². The summed E-state index contributed by atoms with van der Waals surface area (Å²) in [6.45, 7) is 5.85. The highest BCUT2D eigenvalue weighted by Gasteiger charge is 2.11. The van der Waals surface area contributed by atoms with Gasteiger partial charge in [0, 0.05) is 5.56 Å². The second-order valence-electron chi connectivity index (χ2n) is 6.05. The van der Waals surface area contributed by atoms with Gasteiger partial charge < -0.3 is 14.6 Å². The Labute approximate surface area is 150 Å². The van der Waals surface area contributed by atoms with Crippen LogP contribution in [0.3, 0.4) is 0 Å². The highest BCUT2D eigenvalue weighted by Crippen LogP contribution is 2.20. The predicted molar refractivity (Wildman–Crippen MR) is 95.8 cm³/mol. The smallest absolute Gasteiger partial charge is 0.255 e. The Balaban J connectivity index is 1.65. The highest BCUT2D eigenvalue weighted by atomic mass is 19.1. The maximum atomic E-state index is 13.8. The van der Waals surface area contributed by atoms with E-state index in [1.165, 1.54) is 6.07 Å². The number of aromatic nitrogens is 1. The lowest BCUT2D eigenvalue weighted by Crippen LogP contribution is -2.13. The number of anilines is 1. The Morgan fingerprint density at radius 1 is 1.15 bits per heavy atom. The Hall–Kier alpha value is -3.15. The highest BCUT2D eigenvalue weighted by molar-refractivity contribution is 6.04. The molecule has 0 bridgehead atoms. The molecule has 0 saturated carbocycles. The van der Waals surface area contributed by atoms with E-state index >= 15 is 0 Å². The zero-order chi connectivity index (χ0) is 18.7. The van der Waals surface area contributed by atoms with Crippen LogP contribution in [0.5, 0.6) is 5.75 Å². The first kappa shape index (κ1) is 17.7. The Bertz CT molecular complexity index is 913. The summed E-state index contributed by atoms with van der Waals surface area (Å²) in [6.07, 6.45) is 0. The van der Waals surface area contributed by atoms with Crippen LogP contribution < -0.4 is 10.1 Å². The van der Waals surface area contributed by atoms with Gasteiger partial charge in [-0.05, 0) is 62.7 Å². The first-order chi connectivity index (χ1) is 12.4. The second kappa shape index (κ2) is 7.39. The molecule has 3 aromatic rings. The number of amides is 1. The SMILES string of the molecule is Cc1ccc(F)c(NC(=O)c2ccc(OCc3c(C)noc3C)cc2)c1. The van der Waals surface area contributed by atoms with Gasteiger partial charge >= 0.3 is 0 Å². The molecule has 134 valence electrons. The molecule has 0 aliphatic carbocycles. The summed E-state index contributed by atoms with van der Waals surface area (Å²) in [5.74, 6) is 0.483. The quantitative estimate of drug-likeness (QED) is 0.729. The summed E-state index contributed by atoms with van der Waals surface area (Å²) in [4.78, 5) is 12.3. The van der Waals surface area contributed by atoms with Crippen LogP contribution in [-0.4, -0.2) is 11.1 Å². The van der Waals surface area contributed by atoms with E-state index in [9.17, 15) is 9.18 Å². The molecule has 5 nitrogen and oxygen atoms in total. The van der Waals surface area contributed by atoms with Gasteiger partial charge in [0.25, 0.3) is 5.91 Å². The van der Waals surface area contributed by atoms with Crippen LogP contribution in [0.15, 0.2) is 47.0 Å². The van der Waals surface area contributed by atoms with Gasteiger partial charge in [0.05, 0.1) is 16.9 Å². The third-order valence-corrected chi connectivity index (χ3v) is 4.05. The first-order valence-corrected chi connectivity index (χ1v) is 8.16. The van der Waals surface area contributed by atoms with Crippen LogP contribution in [0.1, 0.15) is 32.9 Å². The number of rotatable bonds is 5. The van der Waals surface area contributed by atoms with Crippen molar-refractivity contribution in [3.8, 4) is 5.75 Å². The molecule has 1 N–H and O–H groups in total. The van der Waals surface area contributed by atoms with Gasteiger partial charge in [0.2, 0.25) is 0 Å². The molecule has 26 heavy (non-hydrogen) atoms. The van der Waals surface area contributed by atoms with Crippen LogP contribution in [-0.2, 0) is 6.61 Å². The van der Waals surface area contributed by atoms with Crippen molar-refractivity contribution < 1.29 is 18.4 Å². The molecule has 6 heteroatoms. The van der Waals surface area contributed by atoms with E-state index in [1.807, 2.05) is 20.8 Å².